The Bertz CT molecular complexity index is 1020. The summed E-state index contributed by atoms with van der Waals surface area (Å²) in [7, 11) is 0. The predicted molar refractivity (Wildman–Crippen MR) is 119 cm³/mol. The number of fused-ring (bicyclic) bond motifs is 2. The van der Waals surface area contributed by atoms with Gasteiger partial charge in [-0.15, -0.1) is 0 Å². The van der Waals surface area contributed by atoms with Crippen molar-refractivity contribution in [1.82, 2.24) is 9.88 Å². The monoisotopic (exact) mass is 406 g/mol. The maximum Gasteiger partial charge on any atom is 0.231 e. The van der Waals surface area contributed by atoms with Crippen LogP contribution < -0.4 is 14.8 Å². The van der Waals surface area contributed by atoms with E-state index in [0.29, 0.717) is 6.42 Å². The van der Waals surface area contributed by atoms with Crippen molar-refractivity contribution in [2.24, 2.45) is 0 Å². The van der Waals surface area contributed by atoms with Crippen LogP contribution in [0.2, 0.25) is 0 Å². The fourth-order valence-corrected chi connectivity index (χ4v) is 4.21. The van der Waals surface area contributed by atoms with Gasteiger partial charge in [0.15, 0.2) is 11.5 Å². The van der Waals surface area contributed by atoms with Crippen molar-refractivity contribution in [3.63, 3.8) is 0 Å². The molecule has 1 atom stereocenters. The number of unbranched alkanes of at least 4 members (excludes halogenated alkanes) is 2. The SMILES string of the molecule is CCCCCNC(=O)C[C@H](c1ccc2c(c1)OCO2)c1cn(CC)c2ccccc12. The van der Waals surface area contributed by atoms with Gasteiger partial charge in [0.2, 0.25) is 12.7 Å². The summed E-state index contributed by atoms with van der Waals surface area (Å²) in [6.45, 7) is 6.18. The van der Waals surface area contributed by atoms with Crippen LogP contribution in [0.15, 0.2) is 48.7 Å². The molecule has 0 fully saturated rings. The average molecular weight is 407 g/mol. The first-order valence-electron chi connectivity index (χ1n) is 10.9. The molecule has 30 heavy (non-hydrogen) atoms. The van der Waals surface area contributed by atoms with Crippen LogP contribution in [0, 0.1) is 0 Å². The Kier molecular flexibility index (Phi) is 6.26. The Morgan fingerprint density at radius 3 is 2.77 bits per heavy atom. The topological polar surface area (TPSA) is 52.5 Å². The Hall–Kier alpha value is -2.95. The quantitative estimate of drug-likeness (QED) is 0.496. The van der Waals surface area contributed by atoms with Gasteiger partial charge < -0.3 is 19.4 Å². The highest BCUT2D eigenvalue weighted by Crippen LogP contribution is 2.40. The molecular weight excluding hydrogens is 376 g/mol. The van der Waals surface area contributed by atoms with E-state index < -0.39 is 0 Å². The normalized spacial score (nSPS) is 13.5. The summed E-state index contributed by atoms with van der Waals surface area (Å²) in [5, 5.41) is 4.30. The molecule has 5 heteroatoms. The van der Waals surface area contributed by atoms with Crippen LogP contribution in [0.25, 0.3) is 10.9 Å². The molecule has 158 valence electrons. The first kappa shape index (κ1) is 20.3. The van der Waals surface area contributed by atoms with Gasteiger partial charge in [0.05, 0.1) is 0 Å². The molecule has 2 heterocycles. The molecule has 1 aliphatic rings. The summed E-state index contributed by atoms with van der Waals surface area (Å²) in [5.41, 5.74) is 3.45. The molecule has 1 aromatic heterocycles. The third-order valence-electron chi connectivity index (χ3n) is 5.83. The molecule has 0 aliphatic carbocycles. The van der Waals surface area contributed by atoms with Crippen molar-refractivity contribution in [2.45, 2.75) is 52.0 Å². The van der Waals surface area contributed by atoms with Crippen LogP contribution >= 0.6 is 0 Å². The Labute approximate surface area is 178 Å². The first-order chi connectivity index (χ1) is 14.7. The summed E-state index contributed by atoms with van der Waals surface area (Å²) in [6.07, 6.45) is 5.90. The minimum Gasteiger partial charge on any atom is -0.454 e. The minimum absolute atomic E-state index is 0.0524. The molecule has 0 saturated heterocycles. The number of para-hydroxylation sites is 1. The number of amides is 1. The zero-order valence-corrected chi connectivity index (χ0v) is 17.8. The van der Waals surface area contributed by atoms with E-state index in [4.69, 9.17) is 9.47 Å². The lowest BCUT2D eigenvalue weighted by Gasteiger charge is -2.18. The number of hydrogen-bond donors (Lipinski definition) is 1. The van der Waals surface area contributed by atoms with Crippen LogP contribution in [-0.4, -0.2) is 23.8 Å². The number of aromatic nitrogens is 1. The van der Waals surface area contributed by atoms with Crippen molar-refractivity contribution in [2.75, 3.05) is 13.3 Å². The molecule has 3 aromatic rings. The van der Waals surface area contributed by atoms with E-state index >= 15 is 0 Å². The summed E-state index contributed by atoms with van der Waals surface area (Å²) < 4.78 is 13.3. The molecular formula is C25H30N2O3. The average Bonchev–Trinajstić information content (AvgIpc) is 3.39. The molecule has 0 radical (unpaired) electrons. The fraction of sp³-hybridized carbons (Fsp3) is 0.400. The third-order valence-corrected chi connectivity index (χ3v) is 5.83. The number of hydrogen-bond acceptors (Lipinski definition) is 3. The highest BCUT2D eigenvalue weighted by molar-refractivity contribution is 5.86. The summed E-state index contributed by atoms with van der Waals surface area (Å²) in [6, 6.07) is 14.4. The molecule has 0 saturated carbocycles. The standard InChI is InChI=1S/C25H30N2O3/c1-3-5-8-13-26-25(28)15-20(18-11-12-23-24(14-18)30-17-29-23)21-16-27(4-2)22-10-7-6-9-19(21)22/h6-7,9-12,14,16,20H,3-5,8,13,15,17H2,1-2H3,(H,26,28)/t20-/m1/s1. The van der Waals surface area contributed by atoms with Gasteiger partial charge in [-0.3, -0.25) is 4.79 Å². The van der Waals surface area contributed by atoms with E-state index in [2.05, 4.69) is 60.3 Å². The number of carbonyl (C=O) groups is 1. The largest absolute Gasteiger partial charge is 0.454 e. The van der Waals surface area contributed by atoms with Crippen molar-refractivity contribution in [1.29, 1.82) is 0 Å². The van der Waals surface area contributed by atoms with E-state index in [1.54, 1.807) is 0 Å². The fourth-order valence-electron chi connectivity index (χ4n) is 4.21. The molecule has 0 spiro atoms. The second-order valence-electron chi connectivity index (χ2n) is 7.81. The number of benzene rings is 2. The van der Waals surface area contributed by atoms with E-state index in [-0.39, 0.29) is 18.6 Å². The molecule has 0 unspecified atom stereocenters. The second kappa shape index (κ2) is 9.24. The minimum atomic E-state index is -0.0524. The molecule has 1 amide bonds. The number of nitrogens with zero attached hydrogens (tertiary/aromatic N) is 1. The molecule has 5 nitrogen and oxygen atoms in total. The lowest BCUT2D eigenvalue weighted by molar-refractivity contribution is -0.121. The van der Waals surface area contributed by atoms with Gasteiger partial charge in [0.1, 0.15) is 0 Å². The van der Waals surface area contributed by atoms with Crippen molar-refractivity contribution < 1.29 is 14.3 Å². The van der Waals surface area contributed by atoms with Gasteiger partial charge in [-0.1, -0.05) is 44.0 Å². The van der Waals surface area contributed by atoms with Crippen LogP contribution in [-0.2, 0) is 11.3 Å². The summed E-state index contributed by atoms with van der Waals surface area (Å²) in [4.78, 5) is 12.8. The Morgan fingerprint density at radius 1 is 1.10 bits per heavy atom. The lowest BCUT2D eigenvalue weighted by atomic mass is 9.87. The summed E-state index contributed by atoms with van der Waals surface area (Å²) >= 11 is 0. The van der Waals surface area contributed by atoms with Gasteiger partial charge >= 0.3 is 0 Å². The van der Waals surface area contributed by atoms with Gasteiger partial charge in [-0.25, -0.2) is 0 Å². The predicted octanol–water partition coefficient (Wildman–Crippen LogP) is 5.22. The smallest absolute Gasteiger partial charge is 0.231 e. The molecule has 4 rings (SSSR count). The zero-order valence-electron chi connectivity index (χ0n) is 17.8. The van der Waals surface area contributed by atoms with E-state index in [0.717, 1.165) is 49.4 Å². The number of rotatable bonds is 9. The van der Waals surface area contributed by atoms with Crippen molar-refractivity contribution in [3.8, 4) is 11.5 Å². The van der Waals surface area contributed by atoms with Crippen LogP contribution in [0.5, 0.6) is 11.5 Å². The third kappa shape index (κ3) is 4.16. The van der Waals surface area contributed by atoms with Crippen LogP contribution in [0.4, 0.5) is 0 Å². The summed E-state index contributed by atoms with van der Waals surface area (Å²) in [5.74, 6) is 1.54. The molecule has 2 aromatic carbocycles. The number of aryl methyl sites for hydroxylation is 1. The first-order valence-corrected chi connectivity index (χ1v) is 10.9. The van der Waals surface area contributed by atoms with Crippen molar-refractivity contribution >= 4 is 16.8 Å². The Morgan fingerprint density at radius 2 is 1.93 bits per heavy atom. The van der Waals surface area contributed by atoms with Crippen LogP contribution in [0.1, 0.15) is 56.6 Å². The van der Waals surface area contributed by atoms with Gasteiger partial charge in [0.25, 0.3) is 0 Å². The maximum absolute atomic E-state index is 12.8. The number of nitrogens with one attached hydrogen (secondary N) is 1. The van der Waals surface area contributed by atoms with E-state index in [1.165, 1.54) is 16.5 Å². The van der Waals surface area contributed by atoms with Gasteiger partial charge in [-0.05, 0) is 42.7 Å². The lowest BCUT2D eigenvalue weighted by Crippen LogP contribution is -2.26. The van der Waals surface area contributed by atoms with Gasteiger partial charge in [-0.2, -0.15) is 0 Å². The van der Waals surface area contributed by atoms with Crippen molar-refractivity contribution in [3.05, 3.63) is 59.8 Å². The number of ether oxygens (including phenoxy) is 2. The highest BCUT2D eigenvalue weighted by Gasteiger charge is 2.25. The van der Waals surface area contributed by atoms with E-state index in [1.807, 2.05) is 12.1 Å². The van der Waals surface area contributed by atoms with Gasteiger partial charge in [0, 0.05) is 42.5 Å². The Balaban J connectivity index is 1.68. The zero-order chi connectivity index (χ0) is 20.9. The highest BCUT2D eigenvalue weighted by atomic mass is 16.7. The molecule has 0 bridgehead atoms. The maximum atomic E-state index is 12.8. The van der Waals surface area contributed by atoms with E-state index in [9.17, 15) is 4.79 Å². The number of carbonyl (C=O) groups excluding carboxylic acids is 1. The molecule has 1 aliphatic heterocycles. The molecule has 1 N–H and O–H groups in total. The van der Waals surface area contributed by atoms with Crippen LogP contribution in [0.3, 0.4) is 0 Å². The second-order valence-corrected chi connectivity index (χ2v) is 7.81.